The van der Waals surface area contributed by atoms with Crippen LogP contribution in [0.25, 0.3) is 0 Å². The highest BCUT2D eigenvalue weighted by molar-refractivity contribution is 5.72. The highest BCUT2D eigenvalue weighted by Crippen LogP contribution is 1.78. The molecule has 0 aromatic heterocycles. The fourth-order valence-electron chi connectivity index (χ4n) is 0.158. The fourth-order valence-corrected chi connectivity index (χ4v) is 0.158. The Bertz CT molecular complexity index is 100. The largest absolute Gasteiger partial charge is 0.481 e. The van der Waals surface area contributed by atoms with Gasteiger partial charge in [0.2, 0.25) is 0 Å². The van der Waals surface area contributed by atoms with Crippen LogP contribution in [-0.4, -0.2) is 34.0 Å². The molecule has 0 saturated carbocycles. The summed E-state index contributed by atoms with van der Waals surface area (Å²) in [5.41, 5.74) is 0. The van der Waals surface area contributed by atoms with E-state index in [-0.39, 0.29) is 11.3 Å². The molecule has 0 fully saturated rings. The molecule has 0 amide bonds. The molecule has 0 aromatic carbocycles. The van der Waals surface area contributed by atoms with Crippen LogP contribution in [0.5, 0.6) is 0 Å². The van der Waals surface area contributed by atoms with Crippen LogP contribution in [-0.2, 0) is 9.59 Å². The zero-order valence-electron chi connectivity index (χ0n) is 9.33. The van der Waals surface area contributed by atoms with Crippen molar-refractivity contribution in [1.82, 2.24) is 0 Å². The predicted molar refractivity (Wildman–Crippen MR) is 55.3 cm³/mol. The summed E-state index contributed by atoms with van der Waals surface area (Å²) in [6, 6.07) is 0. The number of carboxylic acid groups (broad SMARTS) is 1. The molecule has 0 atom stereocenters. The van der Waals surface area contributed by atoms with E-state index in [9.17, 15) is 4.79 Å². The summed E-state index contributed by atoms with van der Waals surface area (Å²) >= 11 is 0. The summed E-state index contributed by atoms with van der Waals surface area (Å²) in [5.74, 6) is -0.667. The quantitative estimate of drug-likeness (QED) is 0.697. The molecule has 0 bridgehead atoms. The van der Waals surface area contributed by atoms with Crippen molar-refractivity contribution in [3.63, 3.8) is 0 Å². The lowest BCUT2D eigenvalue weighted by Crippen LogP contribution is -1.78. The van der Waals surface area contributed by atoms with Gasteiger partial charge in [-0.1, -0.05) is 13.3 Å². The van der Waals surface area contributed by atoms with Gasteiger partial charge in [-0.3, -0.25) is 4.79 Å². The third-order valence-corrected chi connectivity index (χ3v) is 0.512. The second-order valence-electron chi connectivity index (χ2n) is 2.50. The van der Waals surface area contributed by atoms with Crippen LogP contribution in [0.4, 0.5) is 0 Å². The lowest BCUT2D eigenvalue weighted by molar-refractivity contribution is -0.134. The zero-order chi connectivity index (χ0) is 11.3. The van der Waals surface area contributed by atoms with E-state index < -0.39 is 5.97 Å². The Morgan fingerprint density at radius 1 is 1.14 bits per heavy atom. The summed E-state index contributed by atoms with van der Waals surface area (Å²) in [7, 11) is 0. The third kappa shape index (κ3) is 996. The number of aliphatic hydroxyl groups is 1. The van der Waals surface area contributed by atoms with E-state index >= 15 is 0 Å². The fraction of sp³-hybridized carbons (Fsp3) is 0.778. The molecule has 14 heavy (non-hydrogen) atoms. The molecular formula is C9H22O5. The maximum absolute atomic E-state index is 9.44. The molecule has 0 unspecified atom stereocenters. The smallest absolute Gasteiger partial charge is 0.300 e. The van der Waals surface area contributed by atoms with Crippen LogP contribution in [0.3, 0.4) is 0 Å². The van der Waals surface area contributed by atoms with Crippen molar-refractivity contribution in [2.24, 2.45) is 0 Å². The summed E-state index contributed by atoms with van der Waals surface area (Å²) in [4.78, 5) is 18.4. The standard InChI is InChI=1S/C4H10O.C3H6O.C2H4O2.H2O/c1-2-3-4-5;1-3(2)4;1-2(3)4;/h5H,2-4H2,1H3;1-2H3;1H3,(H,3,4);1H2. The minimum absolute atomic E-state index is 0. The topological polar surface area (TPSA) is 106 Å². The van der Waals surface area contributed by atoms with Gasteiger partial charge in [-0.15, -0.1) is 0 Å². The monoisotopic (exact) mass is 210 g/mol. The third-order valence-electron chi connectivity index (χ3n) is 0.512. The average Bonchev–Trinajstić information content (AvgIpc) is 1.86. The number of unbranched alkanes of at least 4 members (excludes halogenated alkanes) is 1. The second kappa shape index (κ2) is 22.7. The van der Waals surface area contributed by atoms with E-state index in [0.29, 0.717) is 6.61 Å². The SMILES string of the molecule is CC(=O)O.CC(C)=O.CCCCO.O. The first-order chi connectivity index (χ1) is 5.88. The average molecular weight is 210 g/mol. The lowest BCUT2D eigenvalue weighted by Gasteiger charge is -1.79. The first-order valence-electron chi connectivity index (χ1n) is 4.16. The number of Topliss-reactive ketones (excluding diaryl/α,β-unsaturated/α-hetero) is 1. The van der Waals surface area contributed by atoms with E-state index in [0.717, 1.165) is 19.8 Å². The number of carbonyl (C=O) groups excluding carboxylic acids is 1. The van der Waals surface area contributed by atoms with Crippen molar-refractivity contribution >= 4 is 11.8 Å². The molecule has 4 N–H and O–H groups in total. The van der Waals surface area contributed by atoms with E-state index in [1.54, 1.807) is 0 Å². The number of rotatable bonds is 2. The normalized spacial score (nSPS) is 6.64. The van der Waals surface area contributed by atoms with Crippen LogP contribution in [0.1, 0.15) is 40.5 Å². The van der Waals surface area contributed by atoms with E-state index in [4.69, 9.17) is 15.0 Å². The van der Waals surface area contributed by atoms with Gasteiger partial charge in [0.15, 0.2) is 0 Å². The van der Waals surface area contributed by atoms with Crippen LogP contribution in [0.15, 0.2) is 0 Å². The molecule has 88 valence electrons. The molecule has 0 aliphatic heterocycles. The molecule has 0 radical (unpaired) electrons. The van der Waals surface area contributed by atoms with Gasteiger partial charge in [-0.2, -0.15) is 0 Å². The van der Waals surface area contributed by atoms with Crippen LogP contribution >= 0.6 is 0 Å². The van der Waals surface area contributed by atoms with Crippen molar-refractivity contribution in [3.05, 3.63) is 0 Å². The van der Waals surface area contributed by atoms with Crippen molar-refractivity contribution in [2.45, 2.75) is 40.5 Å². The summed E-state index contributed by atoms with van der Waals surface area (Å²) in [6.45, 7) is 6.53. The number of hydrogen-bond donors (Lipinski definition) is 2. The summed E-state index contributed by atoms with van der Waals surface area (Å²) in [6.07, 6.45) is 2.04. The molecule has 0 aromatic rings. The van der Waals surface area contributed by atoms with Crippen molar-refractivity contribution in [1.29, 1.82) is 0 Å². The van der Waals surface area contributed by atoms with Crippen LogP contribution in [0.2, 0.25) is 0 Å². The van der Waals surface area contributed by atoms with Gasteiger partial charge in [0, 0.05) is 13.5 Å². The van der Waals surface area contributed by atoms with Gasteiger partial charge in [-0.25, -0.2) is 0 Å². The molecule has 5 heteroatoms. The summed E-state index contributed by atoms with van der Waals surface area (Å²) < 4.78 is 0. The molecule has 0 aliphatic carbocycles. The highest BCUT2D eigenvalue weighted by atomic mass is 16.4. The maximum Gasteiger partial charge on any atom is 0.300 e. The Balaban J connectivity index is -0.0000000522. The van der Waals surface area contributed by atoms with Gasteiger partial charge in [0.05, 0.1) is 0 Å². The Labute approximate surface area is 85.1 Å². The maximum atomic E-state index is 9.44. The molecule has 0 heterocycles. The van der Waals surface area contributed by atoms with Gasteiger partial charge in [0.25, 0.3) is 5.97 Å². The molecule has 0 rings (SSSR count). The molecular weight excluding hydrogens is 188 g/mol. The minimum atomic E-state index is -0.833. The Morgan fingerprint density at radius 2 is 1.36 bits per heavy atom. The van der Waals surface area contributed by atoms with Crippen LogP contribution < -0.4 is 0 Å². The molecule has 0 aliphatic rings. The zero-order valence-corrected chi connectivity index (χ0v) is 9.33. The second-order valence-corrected chi connectivity index (χ2v) is 2.50. The van der Waals surface area contributed by atoms with E-state index in [1.807, 2.05) is 0 Å². The number of ketones is 1. The lowest BCUT2D eigenvalue weighted by atomic mass is 10.4. The molecule has 0 spiro atoms. The molecule has 5 nitrogen and oxygen atoms in total. The van der Waals surface area contributed by atoms with Gasteiger partial charge < -0.3 is 20.5 Å². The van der Waals surface area contributed by atoms with E-state index in [2.05, 4.69) is 6.92 Å². The first-order valence-corrected chi connectivity index (χ1v) is 4.16. The summed E-state index contributed by atoms with van der Waals surface area (Å²) in [5, 5.41) is 15.5. The van der Waals surface area contributed by atoms with Gasteiger partial charge >= 0.3 is 0 Å². The predicted octanol–water partition coefficient (Wildman–Crippen LogP) is 0.640. The van der Waals surface area contributed by atoms with Crippen molar-refractivity contribution in [2.75, 3.05) is 6.61 Å². The van der Waals surface area contributed by atoms with Crippen molar-refractivity contribution in [3.8, 4) is 0 Å². The van der Waals surface area contributed by atoms with Gasteiger partial charge in [0.1, 0.15) is 5.78 Å². The highest BCUT2D eigenvalue weighted by Gasteiger charge is 1.69. The Hall–Kier alpha value is -0.940. The van der Waals surface area contributed by atoms with Crippen LogP contribution in [0, 0.1) is 0 Å². The number of carboxylic acids is 1. The minimum Gasteiger partial charge on any atom is -0.481 e. The number of aliphatic hydroxyl groups excluding tert-OH is 1. The number of carbonyl (C=O) groups is 2. The molecule has 0 saturated heterocycles. The Morgan fingerprint density at radius 3 is 1.36 bits per heavy atom. The Kier molecular flexibility index (Phi) is 37.5. The van der Waals surface area contributed by atoms with Crippen molar-refractivity contribution < 1.29 is 25.3 Å². The van der Waals surface area contributed by atoms with E-state index in [1.165, 1.54) is 13.8 Å². The first kappa shape index (κ1) is 23.1. The van der Waals surface area contributed by atoms with Gasteiger partial charge in [-0.05, 0) is 20.3 Å². The number of hydrogen-bond acceptors (Lipinski definition) is 3. The number of aliphatic carboxylic acids is 1.